The van der Waals surface area contributed by atoms with E-state index in [4.69, 9.17) is 4.42 Å². The summed E-state index contributed by atoms with van der Waals surface area (Å²) in [4.78, 5) is 23.9. The molecule has 1 atom stereocenters. The SMILES string of the molecule is O=C(c1ccc2ccccc2n1)N1CCC[C@H](c2ncc(Cc3ccc(F)cc3)o2)C1. The lowest BCUT2D eigenvalue weighted by Gasteiger charge is -2.31. The summed E-state index contributed by atoms with van der Waals surface area (Å²) in [7, 11) is 0. The van der Waals surface area contributed by atoms with Crippen molar-refractivity contribution in [2.45, 2.75) is 25.2 Å². The van der Waals surface area contributed by atoms with Crippen LogP contribution in [0.4, 0.5) is 4.39 Å². The molecule has 5 rings (SSSR count). The Morgan fingerprint density at radius 3 is 2.81 bits per heavy atom. The summed E-state index contributed by atoms with van der Waals surface area (Å²) in [5.74, 6) is 1.13. The molecule has 1 aliphatic heterocycles. The van der Waals surface area contributed by atoms with Crippen LogP contribution >= 0.6 is 0 Å². The van der Waals surface area contributed by atoms with Crippen LogP contribution in [-0.4, -0.2) is 33.9 Å². The number of aromatic nitrogens is 2. The van der Waals surface area contributed by atoms with Gasteiger partial charge in [-0.25, -0.2) is 14.4 Å². The van der Waals surface area contributed by atoms with Gasteiger partial charge >= 0.3 is 0 Å². The maximum atomic E-state index is 13.1. The number of pyridine rings is 1. The van der Waals surface area contributed by atoms with Crippen LogP contribution in [-0.2, 0) is 6.42 Å². The zero-order chi connectivity index (χ0) is 21.2. The first-order valence-electron chi connectivity index (χ1n) is 10.5. The van der Waals surface area contributed by atoms with Crippen molar-refractivity contribution in [2.75, 3.05) is 13.1 Å². The summed E-state index contributed by atoms with van der Waals surface area (Å²) >= 11 is 0. The van der Waals surface area contributed by atoms with Crippen LogP contribution in [0.15, 0.2) is 71.3 Å². The number of amides is 1. The standard InChI is InChI=1S/C25H22FN3O2/c26-20-10-7-17(8-11-20)14-21-15-27-24(31-21)19-5-3-13-29(16-19)25(30)23-12-9-18-4-1-2-6-22(18)28-23/h1-2,4,6-12,15,19H,3,5,13-14,16H2/t19-/m0/s1. The third-order valence-corrected chi connectivity index (χ3v) is 5.74. The average molecular weight is 415 g/mol. The Morgan fingerprint density at radius 1 is 1.10 bits per heavy atom. The summed E-state index contributed by atoms with van der Waals surface area (Å²) in [5.41, 5.74) is 2.25. The Hall–Kier alpha value is -3.54. The fraction of sp³-hybridized carbons (Fsp3) is 0.240. The van der Waals surface area contributed by atoms with Gasteiger partial charge in [0, 0.05) is 24.9 Å². The number of rotatable bonds is 4. The highest BCUT2D eigenvalue weighted by molar-refractivity contribution is 5.95. The van der Waals surface area contributed by atoms with Crippen LogP contribution in [0.1, 0.15) is 46.5 Å². The Kier molecular flexibility index (Phi) is 5.20. The van der Waals surface area contributed by atoms with Crippen molar-refractivity contribution in [2.24, 2.45) is 0 Å². The lowest BCUT2D eigenvalue weighted by Crippen LogP contribution is -2.39. The molecule has 0 spiro atoms. The predicted molar refractivity (Wildman–Crippen MR) is 115 cm³/mol. The van der Waals surface area contributed by atoms with Crippen LogP contribution in [0, 0.1) is 5.82 Å². The molecule has 1 saturated heterocycles. The average Bonchev–Trinajstić information content (AvgIpc) is 3.28. The third kappa shape index (κ3) is 4.19. The first-order chi connectivity index (χ1) is 15.2. The third-order valence-electron chi connectivity index (χ3n) is 5.74. The molecule has 31 heavy (non-hydrogen) atoms. The summed E-state index contributed by atoms with van der Waals surface area (Å²) in [6.45, 7) is 1.26. The van der Waals surface area contributed by atoms with E-state index in [1.54, 1.807) is 24.4 Å². The molecule has 1 aliphatic rings. The van der Waals surface area contributed by atoms with E-state index < -0.39 is 0 Å². The van der Waals surface area contributed by atoms with E-state index in [1.165, 1.54) is 12.1 Å². The van der Waals surface area contributed by atoms with Crippen LogP contribution in [0.5, 0.6) is 0 Å². The fourth-order valence-corrected chi connectivity index (χ4v) is 4.11. The van der Waals surface area contributed by atoms with Gasteiger partial charge < -0.3 is 9.32 Å². The van der Waals surface area contributed by atoms with Crippen LogP contribution in [0.25, 0.3) is 10.9 Å². The Morgan fingerprint density at radius 2 is 1.94 bits per heavy atom. The maximum absolute atomic E-state index is 13.1. The zero-order valence-corrected chi connectivity index (χ0v) is 17.0. The molecule has 0 radical (unpaired) electrons. The van der Waals surface area contributed by atoms with Gasteiger partial charge in [0.1, 0.15) is 17.3 Å². The molecule has 2 aromatic heterocycles. The molecule has 0 N–H and O–H groups in total. The second kappa shape index (κ2) is 8.30. The second-order valence-electron chi connectivity index (χ2n) is 7.95. The number of carbonyl (C=O) groups is 1. The molecule has 2 aromatic carbocycles. The Labute approximate surface area is 179 Å². The Bertz CT molecular complexity index is 1220. The van der Waals surface area contributed by atoms with E-state index in [-0.39, 0.29) is 17.6 Å². The van der Waals surface area contributed by atoms with Gasteiger partial charge in [0.25, 0.3) is 5.91 Å². The number of para-hydroxylation sites is 1. The van der Waals surface area contributed by atoms with Gasteiger partial charge in [-0.15, -0.1) is 0 Å². The van der Waals surface area contributed by atoms with Crippen molar-refractivity contribution in [1.29, 1.82) is 0 Å². The van der Waals surface area contributed by atoms with E-state index in [2.05, 4.69) is 9.97 Å². The maximum Gasteiger partial charge on any atom is 0.272 e. The fourth-order valence-electron chi connectivity index (χ4n) is 4.11. The minimum atomic E-state index is -0.255. The number of oxazole rings is 1. The summed E-state index contributed by atoms with van der Waals surface area (Å²) < 4.78 is 19.1. The minimum Gasteiger partial charge on any atom is -0.445 e. The molecular formula is C25H22FN3O2. The van der Waals surface area contributed by atoms with Crippen molar-refractivity contribution in [3.05, 3.63) is 95.6 Å². The molecule has 0 saturated carbocycles. The van der Waals surface area contributed by atoms with Crippen LogP contribution < -0.4 is 0 Å². The minimum absolute atomic E-state index is 0.0557. The second-order valence-corrected chi connectivity index (χ2v) is 7.95. The quantitative estimate of drug-likeness (QED) is 0.472. The normalized spacial score (nSPS) is 16.5. The number of carbonyl (C=O) groups excluding carboxylic acids is 1. The summed E-state index contributed by atoms with van der Waals surface area (Å²) in [5, 5.41) is 1.02. The van der Waals surface area contributed by atoms with Gasteiger partial charge in [-0.2, -0.15) is 0 Å². The number of piperidine rings is 1. The van der Waals surface area contributed by atoms with E-state index >= 15 is 0 Å². The predicted octanol–water partition coefficient (Wildman–Crippen LogP) is 4.97. The number of halogens is 1. The number of hydrogen-bond donors (Lipinski definition) is 0. The first kappa shape index (κ1) is 19.4. The molecule has 3 heterocycles. The summed E-state index contributed by atoms with van der Waals surface area (Å²) in [6, 6.07) is 17.9. The van der Waals surface area contributed by atoms with Gasteiger partial charge in [-0.3, -0.25) is 4.79 Å². The van der Waals surface area contributed by atoms with Gasteiger partial charge in [0.2, 0.25) is 0 Å². The zero-order valence-electron chi connectivity index (χ0n) is 17.0. The largest absolute Gasteiger partial charge is 0.445 e. The summed E-state index contributed by atoms with van der Waals surface area (Å²) in [6.07, 6.45) is 4.10. The lowest BCUT2D eigenvalue weighted by molar-refractivity contribution is 0.0692. The topological polar surface area (TPSA) is 59.2 Å². The number of benzene rings is 2. The van der Waals surface area contributed by atoms with Gasteiger partial charge in [-0.05, 0) is 42.7 Å². The molecule has 0 unspecified atom stereocenters. The van der Waals surface area contributed by atoms with Crippen molar-refractivity contribution in [3.63, 3.8) is 0 Å². The first-order valence-corrected chi connectivity index (χ1v) is 10.5. The molecular weight excluding hydrogens is 393 g/mol. The van der Waals surface area contributed by atoms with Crippen LogP contribution in [0.2, 0.25) is 0 Å². The monoisotopic (exact) mass is 415 g/mol. The van der Waals surface area contributed by atoms with Crippen molar-refractivity contribution < 1.29 is 13.6 Å². The molecule has 6 heteroatoms. The van der Waals surface area contributed by atoms with E-state index in [9.17, 15) is 9.18 Å². The van der Waals surface area contributed by atoms with Gasteiger partial charge in [-0.1, -0.05) is 36.4 Å². The van der Waals surface area contributed by atoms with Crippen molar-refractivity contribution in [3.8, 4) is 0 Å². The van der Waals surface area contributed by atoms with Gasteiger partial charge in [0.15, 0.2) is 5.89 Å². The highest BCUT2D eigenvalue weighted by atomic mass is 19.1. The molecule has 0 aliphatic carbocycles. The number of nitrogens with zero attached hydrogens (tertiary/aromatic N) is 3. The smallest absolute Gasteiger partial charge is 0.272 e. The lowest BCUT2D eigenvalue weighted by atomic mass is 9.97. The number of likely N-dealkylation sites (tertiary alicyclic amines) is 1. The van der Waals surface area contributed by atoms with E-state index in [0.29, 0.717) is 31.1 Å². The molecule has 156 valence electrons. The molecule has 5 nitrogen and oxygen atoms in total. The van der Waals surface area contributed by atoms with Crippen molar-refractivity contribution in [1.82, 2.24) is 14.9 Å². The van der Waals surface area contributed by atoms with Crippen molar-refractivity contribution >= 4 is 16.8 Å². The Balaban J connectivity index is 1.29. The number of fused-ring (bicyclic) bond motifs is 1. The van der Waals surface area contributed by atoms with Crippen LogP contribution in [0.3, 0.4) is 0 Å². The molecule has 1 fully saturated rings. The van der Waals surface area contributed by atoms with Gasteiger partial charge in [0.05, 0.1) is 17.6 Å². The molecule has 1 amide bonds. The van der Waals surface area contributed by atoms with E-state index in [0.717, 1.165) is 35.1 Å². The molecule has 0 bridgehead atoms. The van der Waals surface area contributed by atoms with E-state index in [1.807, 2.05) is 35.2 Å². The highest BCUT2D eigenvalue weighted by Crippen LogP contribution is 2.28. The molecule has 4 aromatic rings. The highest BCUT2D eigenvalue weighted by Gasteiger charge is 2.29. The number of hydrogen-bond acceptors (Lipinski definition) is 4.